The summed E-state index contributed by atoms with van der Waals surface area (Å²) in [7, 11) is -2.21. The van der Waals surface area contributed by atoms with E-state index in [2.05, 4.69) is 9.50 Å². The van der Waals surface area contributed by atoms with Crippen LogP contribution in [0.2, 0.25) is 0 Å². The molecule has 0 N–H and O–H groups in total. The van der Waals surface area contributed by atoms with E-state index in [9.17, 15) is 18.5 Å². The predicted octanol–water partition coefficient (Wildman–Crippen LogP) is 2.01. The van der Waals surface area contributed by atoms with Gasteiger partial charge in [0, 0.05) is 18.7 Å². The zero-order valence-electron chi connectivity index (χ0n) is 12.5. The number of nitrogens with zero attached hydrogens (tertiary/aromatic N) is 4. The third-order valence-corrected chi connectivity index (χ3v) is 4.75. The first kappa shape index (κ1) is 15.8. The molecule has 1 aliphatic rings. The molecular weight excluding hydrogens is 332 g/mol. The lowest BCUT2D eigenvalue weighted by molar-refractivity contribution is -0.385. The molecule has 0 unspecified atom stereocenters. The van der Waals surface area contributed by atoms with Gasteiger partial charge >= 0.3 is 0 Å². The number of benzene rings is 2. The maximum Gasteiger partial charge on any atom is 0.285 e. The molecule has 0 spiro atoms. The molecule has 0 fully saturated rings. The average Bonchev–Trinajstić information content (AvgIpc) is 2.85. The monoisotopic (exact) mass is 344 g/mol. The van der Waals surface area contributed by atoms with Gasteiger partial charge in [-0.25, -0.2) is 5.01 Å². The van der Waals surface area contributed by atoms with Crippen molar-refractivity contribution in [3.63, 3.8) is 0 Å². The summed E-state index contributed by atoms with van der Waals surface area (Å²) in [4.78, 5) is 10.6. The molecule has 9 heteroatoms. The standard InChI is InChI=1S/C15H12N4O4S/c1-18(16-10-11-6-2-4-8-13(11)19(20)21)15-12-7-3-5-9-14(12)24(22,23)17-15/h2-10H,1H3/b16-10-. The summed E-state index contributed by atoms with van der Waals surface area (Å²) >= 11 is 0. The molecule has 2 aromatic carbocycles. The fourth-order valence-electron chi connectivity index (χ4n) is 2.29. The first-order chi connectivity index (χ1) is 11.4. The summed E-state index contributed by atoms with van der Waals surface area (Å²) in [6.45, 7) is 0. The van der Waals surface area contributed by atoms with Gasteiger partial charge < -0.3 is 0 Å². The second kappa shape index (κ2) is 5.85. The van der Waals surface area contributed by atoms with Crippen LogP contribution in [-0.2, 0) is 10.0 Å². The molecule has 24 heavy (non-hydrogen) atoms. The third-order valence-electron chi connectivity index (χ3n) is 3.42. The van der Waals surface area contributed by atoms with Gasteiger partial charge in [0.1, 0.15) is 4.90 Å². The molecule has 2 aromatic rings. The van der Waals surface area contributed by atoms with Crippen LogP contribution >= 0.6 is 0 Å². The predicted molar refractivity (Wildman–Crippen MR) is 88.6 cm³/mol. The third kappa shape index (κ3) is 2.76. The zero-order chi connectivity index (χ0) is 17.3. The molecule has 0 saturated heterocycles. The van der Waals surface area contributed by atoms with Gasteiger partial charge in [0.25, 0.3) is 15.7 Å². The minimum Gasteiger partial charge on any atom is -0.258 e. The summed E-state index contributed by atoms with van der Waals surface area (Å²) in [6.07, 6.45) is 1.30. The largest absolute Gasteiger partial charge is 0.285 e. The number of hydrazone groups is 1. The summed E-state index contributed by atoms with van der Waals surface area (Å²) < 4.78 is 27.8. The Morgan fingerprint density at radius 1 is 1.17 bits per heavy atom. The van der Waals surface area contributed by atoms with Gasteiger partial charge in [-0.1, -0.05) is 24.3 Å². The number of sulfonamides is 1. The van der Waals surface area contributed by atoms with Crippen molar-refractivity contribution in [3.8, 4) is 0 Å². The Kier molecular flexibility index (Phi) is 3.86. The smallest absolute Gasteiger partial charge is 0.258 e. The van der Waals surface area contributed by atoms with E-state index in [1.54, 1.807) is 36.4 Å². The molecule has 1 aliphatic heterocycles. The lowest BCUT2D eigenvalue weighted by Gasteiger charge is -2.12. The molecule has 0 saturated carbocycles. The number of hydrogen-bond donors (Lipinski definition) is 0. The van der Waals surface area contributed by atoms with E-state index in [0.717, 1.165) is 0 Å². The molecule has 0 bridgehead atoms. The van der Waals surface area contributed by atoms with Gasteiger partial charge in [-0.2, -0.15) is 13.5 Å². The van der Waals surface area contributed by atoms with Gasteiger partial charge in [-0.15, -0.1) is 4.40 Å². The molecule has 8 nitrogen and oxygen atoms in total. The quantitative estimate of drug-likeness (QED) is 0.481. The minimum atomic E-state index is -3.74. The van der Waals surface area contributed by atoms with Gasteiger partial charge in [-0.05, 0) is 18.2 Å². The maximum atomic E-state index is 12.0. The molecular formula is C15H12N4O4S. The van der Waals surface area contributed by atoms with Crippen molar-refractivity contribution in [2.24, 2.45) is 9.50 Å². The summed E-state index contributed by atoms with van der Waals surface area (Å²) in [5.74, 6) is 0.167. The van der Waals surface area contributed by atoms with Crippen LogP contribution in [0.4, 0.5) is 5.69 Å². The number of rotatable bonds is 3. The van der Waals surface area contributed by atoms with Crippen molar-refractivity contribution in [3.05, 3.63) is 69.8 Å². The second-order valence-electron chi connectivity index (χ2n) is 4.97. The second-order valence-corrected chi connectivity index (χ2v) is 6.54. The van der Waals surface area contributed by atoms with Crippen LogP contribution in [0.15, 0.2) is 62.9 Å². The number of hydrogen-bond acceptors (Lipinski definition) is 6. The Labute approximate surface area is 138 Å². The Bertz CT molecular complexity index is 982. The molecule has 0 aliphatic carbocycles. The Hall–Kier alpha value is -3.07. The zero-order valence-corrected chi connectivity index (χ0v) is 13.3. The van der Waals surface area contributed by atoms with E-state index in [1.807, 2.05) is 0 Å². The topological polar surface area (TPSA) is 105 Å². The van der Waals surface area contributed by atoms with E-state index < -0.39 is 14.9 Å². The maximum absolute atomic E-state index is 12.0. The van der Waals surface area contributed by atoms with Crippen molar-refractivity contribution in [2.45, 2.75) is 4.90 Å². The normalized spacial score (nSPS) is 15.1. The summed E-state index contributed by atoms with van der Waals surface area (Å²) in [6, 6.07) is 12.6. The van der Waals surface area contributed by atoms with Crippen molar-refractivity contribution < 1.29 is 13.3 Å². The van der Waals surface area contributed by atoms with Gasteiger partial charge in [0.05, 0.1) is 16.7 Å². The molecule has 122 valence electrons. The van der Waals surface area contributed by atoms with E-state index >= 15 is 0 Å². The SMILES string of the molecule is CN(/N=C\c1ccccc1[N+](=O)[O-])C1=NS(=O)(=O)c2ccccc21. The molecule has 0 amide bonds. The molecule has 0 aromatic heterocycles. The fraction of sp³-hybridized carbons (Fsp3) is 0.0667. The van der Waals surface area contributed by atoms with Crippen LogP contribution in [-0.4, -0.2) is 37.4 Å². The van der Waals surface area contributed by atoms with Crippen LogP contribution < -0.4 is 0 Å². The number of fused-ring (bicyclic) bond motifs is 1. The first-order valence-electron chi connectivity index (χ1n) is 6.85. The van der Waals surface area contributed by atoms with Gasteiger partial charge in [0.2, 0.25) is 0 Å². The van der Waals surface area contributed by atoms with Crippen molar-refractivity contribution in [1.82, 2.24) is 5.01 Å². The number of amidine groups is 1. The van der Waals surface area contributed by atoms with E-state index in [1.165, 1.54) is 30.4 Å². The summed E-state index contributed by atoms with van der Waals surface area (Å²) in [5.41, 5.74) is 0.667. The lowest BCUT2D eigenvalue weighted by atomic mass is 10.2. The van der Waals surface area contributed by atoms with Crippen LogP contribution in [0, 0.1) is 10.1 Å². The Morgan fingerprint density at radius 3 is 2.58 bits per heavy atom. The van der Waals surface area contributed by atoms with Gasteiger partial charge in [-0.3, -0.25) is 10.1 Å². The Balaban J connectivity index is 1.95. The molecule has 0 atom stereocenters. The van der Waals surface area contributed by atoms with Crippen molar-refractivity contribution >= 4 is 27.8 Å². The number of para-hydroxylation sites is 1. The highest BCUT2D eigenvalue weighted by Crippen LogP contribution is 2.27. The lowest BCUT2D eigenvalue weighted by Crippen LogP contribution is -2.21. The molecule has 1 heterocycles. The van der Waals surface area contributed by atoms with Crippen molar-refractivity contribution in [1.29, 1.82) is 0 Å². The number of nitro benzene ring substituents is 1. The van der Waals surface area contributed by atoms with E-state index in [-0.39, 0.29) is 16.4 Å². The van der Waals surface area contributed by atoms with Crippen LogP contribution in [0.1, 0.15) is 11.1 Å². The minimum absolute atomic E-state index is 0.0870. The molecule has 3 rings (SSSR count). The summed E-state index contributed by atoms with van der Waals surface area (Å²) in [5, 5.41) is 16.4. The molecule has 0 radical (unpaired) electrons. The van der Waals surface area contributed by atoms with E-state index in [0.29, 0.717) is 11.1 Å². The Morgan fingerprint density at radius 2 is 1.83 bits per heavy atom. The highest BCUT2D eigenvalue weighted by molar-refractivity contribution is 7.90. The fourth-order valence-corrected chi connectivity index (χ4v) is 3.52. The highest BCUT2D eigenvalue weighted by Gasteiger charge is 2.30. The number of nitro groups is 1. The van der Waals surface area contributed by atoms with Crippen LogP contribution in [0.5, 0.6) is 0 Å². The van der Waals surface area contributed by atoms with Crippen molar-refractivity contribution in [2.75, 3.05) is 7.05 Å². The van der Waals surface area contributed by atoms with Crippen LogP contribution in [0.25, 0.3) is 0 Å². The van der Waals surface area contributed by atoms with E-state index in [4.69, 9.17) is 0 Å². The average molecular weight is 344 g/mol. The highest BCUT2D eigenvalue weighted by atomic mass is 32.2. The van der Waals surface area contributed by atoms with Gasteiger partial charge in [0.15, 0.2) is 5.84 Å². The van der Waals surface area contributed by atoms with Crippen LogP contribution in [0.3, 0.4) is 0 Å². The first-order valence-corrected chi connectivity index (χ1v) is 8.29.